The zero-order valence-corrected chi connectivity index (χ0v) is 10.4. The van der Waals surface area contributed by atoms with E-state index in [1.807, 2.05) is 6.19 Å². The Morgan fingerprint density at radius 3 is 3.12 bits per heavy atom. The summed E-state index contributed by atoms with van der Waals surface area (Å²) in [6, 6.07) is 0. The van der Waals surface area contributed by atoms with Crippen molar-refractivity contribution in [3.63, 3.8) is 0 Å². The molecule has 1 aromatic heterocycles. The number of aliphatic imine (C=N–C) groups is 1. The van der Waals surface area contributed by atoms with E-state index >= 15 is 0 Å². The molecule has 1 rings (SSSR count). The number of guanidine groups is 1. The van der Waals surface area contributed by atoms with Gasteiger partial charge in [0.1, 0.15) is 5.03 Å². The van der Waals surface area contributed by atoms with Crippen LogP contribution in [0.15, 0.2) is 28.6 Å². The average Bonchev–Trinajstić information content (AvgIpc) is 2.38. The molecule has 7 heteroatoms. The Morgan fingerprint density at radius 2 is 2.47 bits per heavy atom. The van der Waals surface area contributed by atoms with E-state index in [0.717, 1.165) is 17.2 Å². The molecule has 6 nitrogen and oxygen atoms in total. The average molecular weight is 250 g/mol. The first-order valence-electron chi connectivity index (χ1n) is 5.13. The summed E-state index contributed by atoms with van der Waals surface area (Å²) < 4.78 is 0. The lowest BCUT2D eigenvalue weighted by molar-refractivity contribution is 0.909. The van der Waals surface area contributed by atoms with E-state index in [2.05, 4.69) is 25.6 Å². The third-order valence-electron chi connectivity index (χ3n) is 1.77. The topological polar surface area (TPSA) is 86.0 Å². The summed E-state index contributed by atoms with van der Waals surface area (Å²) in [7, 11) is 1.72. The molecule has 1 heterocycles. The number of hydrogen-bond donors (Lipinski definition) is 2. The maximum atomic E-state index is 8.42. The third-order valence-corrected chi connectivity index (χ3v) is 2.77. The van der Waals surface area contributed by atoms with Gasteiger partial charge in [0.2, 0.25) is 5.96 Å². The summed E-state index contributed by atoms with van der Waals surface area (Å²) in [5.74, 6) is 1.42. The van der Waals surface area contributed by atoms with Crippen LogP contribution in [0.1, 0.15) is 6.42 Å². The largest absolute Gasteiger partial charge is 0.359 e. The second kappa shape index (κ2) is 8.35. The molecule has 2 N–H and O–H groups in total. The minimum absolute atomic E-state index is 0.497. The minimum Gasteiger partial charge on any atom is -0.359 e. The van der Waals surface area contributed by atoms with Crippen LogP contribution in [0.4, 0.5) is 0 Å². The molecule has 17 heavy (non-hydrogen) atoms. The van der Waals surface area contributed by atoms with Gasteiger partial charge in [0.25, 0.3) is 0 Å². The molecule has 0 aliphatic rings. The zero-order chi connectivity index (χ0) is 12.3. The van der Waals surface area contributed by atoms with Crippen molar-refractivity contribution in [3.8, 4) is 6.19 Å². The van der Waals surface area contributed by atoms with Gasteiger partial charge >= 0.3 is 0 Å². The van der Waals surface area contributed by atoms with Gasteiger partial charge in [-0.3, -0.25) is 15.3 Å². The van der Waals surface area contributed by atoms with E-state index in [9.17, 15) is 0 Å². The minimum atomic E-state index is 0.497. The highest BCUT2D eigenvalue weighted by Crippen LogP contribution is 2.13. The van der Waals surface area contributed by atoms with Crippen LogP contribution >= 0.6 is 11.8 Å². The van der Waals surface area contributed by atoms with Crippen molar-refractivity contribution in [2.24, 2.45) is 4.99 Å². The van der Waals surface area contributed by atoms with Crippen molar-refractivity contribution in [1.82, 2.24) is 20.6 Å². The summed E-state index contributed by atoms with van der Waals surface area (Å²) in [6.07, 6.45) is 7.81. The Kier molecular flexibility index (Phi) is 6.51. The van der Waals surface area contributed by atoms with Gasteiger partial charge in [-0.25, -0.2) is 4.98 Å². The van der Waals surface area contributed by atoms with Crippen LogP contribution in [0.5, 0.6) is 0 Å². The van der Waals surface area contributed by atoms with E-state index in [4.69, 9.17) is 5.26 Å². The van der Waals surface area contributed by atoms with Crippen molar-refractivity contribution in [3.05, 3.63) is 18.6 Å². The first-order chi connectivity index (χ1) is 8.36. The molecule has 0 saturated heterocycles. The van der Waals surface area contributed by atoms with Crippen LogP contribution in [0.3, 0.4) is 0 Å². The van der Waals surface area contributed by atoms with E-state index in [1.54, 1.807) is 37.4 Å². The lowest BCUT2D eigenvalue weighted by Gasteiger charge is -2.02. The zero-order valence-electron chi connectivity index (χ0n) is 9.55. The molecule has 0 radical (unpaired) electrons. The summed E-state index contributed by atoms with van der Waals surface area (Å²) >= 11 is 1.64. The van der Waals surface area contributed by atoms with Crippen LogP contribution in [0.2, 0.25) is 0 Å². The van der Waals surface area contributed by atoms with Crippen molar-refractivity contribution in [2.75, 3.05) is 19.3 Å². The van der Waals surface area contributed by atoms with Crippen LogP contribution in [-0.4, -0.2) is 35.3 Å². The van der Waals surface area contributed by atoms with Gasteiger partial charge in [-0.15, -0.1) is 11.8 Å². The first-order valence-corrected chi connectivity index (χ1v) is 6.11. The lowest BCUT2D eigenvalue weighted by atomic mass is 10.5. The maximum absolute atomic E-state index is 8.42. The lowest BCUT2D eigenvalue weighted by Crippen LogP contribution is -2.31. The van der Waals surface area contributed by atoms with Crippen molar-refractivity contribution >= 4 is 17.7 Å². The number of rotatable bonds is 5. The van der Waals surface area contributed by atoms with Gasteiger partial charge in [-0.2, -0.15) is 5.26 Å². The summed E-state index contributed by atoms with van der Waals surface area (Å²) in [4.78, 5) is 12.3. The number of nitrogens with one attached hydrogen (secondary N) is 2. The highest BCUT2D eigenvalue weighted by atomic mass is 32.2. The molecule has 0 amide bonds. The van der Waals surface area contributed by atoms with Gasteiger partial charge < -0.3 is 5.32 Å². The van der Waals surface area contributed by atoms with Gasteiger partial charge in [-0.1, -0.05) is 0 Å². The third kappa shape index (κ3) is 5.73. The highest BCUT2D eigenvalue weighted by Gasteiger charge is 1.95. The van der Waals surface area contributed by atoms with Crippen molar-refractivity contribution in [1.29, 1.82) is 5.26 Å². The summed E-state index contributed by atoms with van der Waals surface area (Å²) in [5.41, 5.74) is 0. The van der Waals surface area contributed by atoms with Gasteiger partial charge in [0.15, 0.2) is 6.19 Å². The molecule has 0 aliphatic carbocycles. The number of nitriles is 1. The van der Waals surface area contributed by atoms with E-state index in [0.29, 0.717) is 12.5 Å². The SMILES string of the molecule is CN/C(=N/CCCSc1cnccn1)NC#N. The van der Waals surface area contributed by atoms with E-state index < -0.39 is 0 Å². The fourth-order valence-corrected chi connectivity index (χ4v) is 1.78. The summed E-state index contributed by atoms with van der Waals surface area (Å²) in [6.45, 7) is 0.665. The second-order valence-corrected chi connectivity index (χ2v) is 4.08. The Morgan fingerprint density at radius 1 is 1.59 bits per heavy atom. The van der Waals surface area contributed by atoms with Gasteiger partial charge in [0.05, 0.1) is 6.20 Å². The molecule has 1 aromatic rings. The molecule has 0 unspecified atom stereocenters. The van der Waals surface area contributed by atoms with Gasteiger partial charge in [0, 0.05) is 31.7 Å². The fourth-order valence-electron chi connectivity index (χ4n) is 1.03. The number of hydrogen-bond acceptors (Lipinski definition) is 5. The van der Waals surface area contributed by atoms with Crippen LogP contribution < -0.4 is 10.6 Å². The quantitative estimate of drug-likeness (QED) is 0.199. The Labute approximate surface area is 105 Å². The molecule has 0 spiro atoms. The van der Waals surface area contributed by atoms with Gasteiger partial charge in [-0.05, 0) is 6.42 Å². The molecular formula is C10H14N6S. The van der Waals surface area contributed by atoms with E-state index in [-0.39, 0.29) is 0 Å². The smallest absolute Gasteiger partial charge is 0.204 e. The molecule has 90 valence electrons. The fraction of sp³-hybridized carbons (Fsp3) is 0.400. The maximum Gasteiger partial charge on any atom is 0.204 e. The predicted octanol–water partition coefficient (Wildman–Crippen LogP) is 0.605. The molecular weight excluding hydrogens is 236 g/mol. The molecule has 0 aromatic carbocycles. The van der Waals surface area contributed by atoms with Crippen LogP contribution in [0, 0.1) is 11.5 Å². The van der Waals surface area contributed by atoms with Crippen LogP contribution in [0.25, 0.3) is 0 Å². The number of thioether (sulfide) groups is 1. The first kappa shape index (κ1) is 13.3. The highest BCUT2D eigenvalue weighted by molar-refractivity contribution is 7.99. The summed E-state index contributed by atoms with van der Waals surface area (Å²) in [5, 5.41) is 14.6. The Balaban J connectivity index is 2.18. The van der Waals surface area contributed by atoms with Crippen LogP contribution in [-0.2, 0) is 0 Å². The molecule has 0 aliphatic heterocycles. The molecule has 0 fully saturated rings. The molecule has 0 saturated carbocycles. The molecule has 0 atom stereocenters. The number of nitrogens with zero attached hydrogens (tertiary/aromatic N) is 4. The standard InChI is InChI=1S/C10H14N6S/c1-12-10(16-8-11)15-3-2-6-17-9-7-13-4-5-14-9/h4-5,7H,2-3,6H2,1H3,(H2,12,15,16). The monoisotopic (exact) mass is 250 g/mol. The Hall–Kier alpha value is -1.81. The Bertz CT molecular complexity index is 386. The predicted molar refractivity (Wildman–Crippen MR) is 67.5 cm³/mol. The molecule has 0 bridgehead atoms. The normalized spacial score (nSPS) is 10.7. The van der Waals surface area contributed by atoms with Crippen molar-refractivity contribution in [2.45, 2.75) is 11.4 Å². The van der Waals surface area contributed by atoms with Crippen molar-refractivity contribution < 1.29 is 0 Å². The van der Waals surface area contributed by atoms with E-state index in [1.165, 1.54) is 0 Å². The second-order valence-electron chi connectivity index (χ2n) is 2.96. The number of aromatic nitrogens is 2.